The molecule has 0 aliphatic carbocycles. The zero-order valence-corrected chi connectivity index (χ0v) is 9.67. The summed E-state index contributed by atoms with van der Waals surface area (Å²) >= 11 is 0. The second-order valence-electron chi connectivity index (χ2n) is 4.48. The monoisotopic (exact) mass is 202 g/mol. The van der Waals surface area contributed by atoms with Gasteiger partial charge < -0.3 is 15.4 Å². The molecule has 4 nitrogen and oxygen atoms in total. The van der Waals surface area contributed by atoms with Crippen molar-refractivity contribution in [3.63, 3.8) is 0 Å². The number of nitrogens with two attached hydrogens (primary N) is 1. The Labute approximate surface area is 86.4 Å². The molecule has 0 saturated heterocycles. The first-order valence-electron chi connectivity index (χ1n) is 5.02. The van der Waals surface area contributed by atoms with Gasteiger partial charge in [0.25, 0.3) is 0 Å². The zero-order chi connectivity index (χ0) is 11.2. The fraction of sp³-hybridized carbons (Fsp3) is 0.900. The normalized spacial score (nSPS) is 11.2. The summed E-state index contributed by atoms with van der Waals surface area (Å²) in [6, 6.07) is 0. The van der Waals surface area contributed by atoms with Gasteiger partial charge in [0.1, 0.15) is 0 Å². The van der Waals surface area contributed by atoms with E-state index in [0.29, 0.717) is 26.2 Å². The van der Waals surface area contributed by atoms with E-state index in [1.807, 2.05) is 27.7 Å². The quantitative estimate of drug-likeness (QED) is 0.750. The molecule has 84 valence electrons. The number of ether oxygens (including phenoxy) is 1. The average molecular weight is 202 g/mol. The van der Waals surface area contributed by atoms with Crippen molar-refractivity contribution in [1.82, 2.24) is 4.90 Å². The molecule has 0 heterocycles. The lowest BCUT2D eigenvalue weighted by molar-refractivity contribution is 0.0744. The summed E-state index contributed by atoms with van der Waals surface area (Å²) < 4.78 is 5.14. The molecule has 1 amide bonds. The van der Waals surface area contributed by atoms with E-state index in [1.165, 1.54) is 0 Å². The molecule has 0 spiro atoms. The Hall–Kier alpha value is -0.770. The first-order valence-corrected chi connectivity index (χ1v) is 5.02. The van der Waals surface area contributed by atoms with Gasteiger partial charge in [-0.25, -0.2) is 4.79 Å². The largest absolute Gasteiger partial charge is 0.449 e. The standard InChI is InChI=1S/C10H22N2O2/c1-5-12(7-6-11)9(13)14-8-10(2,3)4/h5-8,11H2,1-4H3. The first-order chi connectivity index (χ1) is 6.40. The fourth-order valence-electron chi connectivity index (χ4n) is 0.904. The SMILES string of the molecule is CCN(CCN)C(=O)OCC(C)(C)C. The number of carbonyl (C=O) groups is 1. The van der Waals surface area contributed by atoms with Gasteiger partial charge in [0.15, 0.2) is 0 Å². The molecule has 0 fully saturated rings. The van der Waals surface area contributed by atoms with Crippen molar-refractivity contribution in [3.05, 3.63) is 0 Å². The summed E-state index contributed by atoms with van der Waals surface area (Å²) in [5.74, 6) is 0. The summed E-state index contributed by atoms with van der Waals surface area (Å²) in [6.45, 7) is 10.1. The van der Waals surface area contributed by atoms with E-state index in [1.54, 1.807) is 4.90 Å². The molecule has 0 bridgehead atoms. The van der Waals surface area contributed by atoms with Crippen LogP contribution in [0.25, 0.3) is 0 Å². The van der Waals surface area contributed by atoms with E-state index in [-0.39, 0.29) is 11.5 Å². The third kappa shape index (κ3) is 5.80. The minimum absolute atomic E-state index is 0.0117. The first kappa shape index (κ1) is 13.2. The van der Waals surface area contributed by atoms with Crippen LogP contribution in [0.1, 0.15) is 27.7 Å². The third-order valence-electron chi connectivity index (χ3n) is 1.67. The van der Waals surface area contributed by atoms with Crippen LogP contribution < -0.4 is 5.73 Å². The second-order valence-corrected chi connectivity index (χ2v) is 4.48. The summed E-state index contributed by atoms with van der Waals surface area (Å²) in [5, 5.41) is 0. The van der Waals surface area contributed by atoms with Gasteiger partial charge >= 0.3 is 6.09 Å². The van der Waals surface area contributed by atoms with E-state index < -0.39 is 0 Å². The number of hydrogen-bond acceptors (Lipinski definition) is 3. The molecule has 0 unspecified atom stereocenters. The van der Waals surface area contributed by atoms with Crippen molar-refractivity contribution in [2.75, 3.05) is 26.2 Å². The molecule has 0 atom stereocenters. The van der Waals surface area contributed by atoms with Gasteiger partial charge in [-0.05, 0) is 12.3 Å². The minimum atomic E-state index is -0.270. The lowest BCUT2D eigenvalue weighted by Crippen LogP contribution is -2.36. The molecule has 4 heteroatoms. The second kappa shape index (κ2) is 5.86. The average Bonchev–Trinajstić information content (AvgIpc) is 2.09. The topological polar surface area (TPSA) is 55.6 Å². The zero-order valence-electron chi connectivity index (χ0n) is 9.67. The molecule has 2 N–H and O–H groups in total. The Morgan fingerprint density at radius 1 is 1.43 bits per heavy atom. The fourth-order valence-corrected chi connectivity index (χ4v) is 0.904. The Morgan fingerprint density at radius 3 is 2.36 bits per heavy atom. The lowest BCUT2D eigenvalue weighted by Gasteiger charge is -2.23. The van der Waals surface area contributed by atoms with Crippen LogP contribution in [0.3, 0.4) is 0 Å². The van der Waals surface area contributed by atoms with Crippen LogP contribution in [-0.2, 0) is 4.74 Å². The summed E-state index contributed by atoms with van der Waals surface area (Å²) in [5.41, 5.74) is 5.39. The highest BCUT2D eigenvalue weighted by molar-refractivity contribution is 5.67. The van der Waals surface area contributed by atoms with Crippen LogP contribution in [0.5, 0.6) is 0 Å². The molecule has 0 aliphatic heterocycles. The van der Waals surface area contributed by atoms with Gasteiger partial charge in [-0.15, -0.1) is 0 Å². The van der Waals surface area contributed by atoms with E-state index in [2.05, 4.69) is 0 Å². The van der Waals surface area contributed by atoms with Crippen molar-refractivity contribution in [3.8, 4) is 0 Å². The molecule has 14 heavy (non-hydrogen) atoms. The molecule has 0 saturated carbocycles. The highest BCUT2D eigenvalue weighted by atomic mass is 16.6. The van der Waals surface area contributed by atoms with E-state index in [4.69, 9.17) is 10.5 Å². The number of amides is 1. The Kier molecular flexibility index (Phi) is 5.53. The van der Waals surface area contributed by atoms with Crippen molar-refractivity contribution >= 4 is 6.09 Å². The summed E-state index contributed by atoms with van der Waals surface area (Å²) in [6.07, 6.45) is -0.270. The molecule has 0 aromatic heterocycles. The number of likely N-dealkylation sites (N-methyl/N-ethyl adjacent to an activating group) is 1. The van der Waals surface area contributed by atoms with Crippen molar-refractivity contribution in [2.24, 2.45) is 11.1 Å². The lowest BCUT2D eigenvalue weighted by atomic mass is 9.99. The molecule has 0 radical (unpaired) electrons. The Balaban J connectivity index is 3.93. The molecule has 0 aliphatic rings. The maximum atomic E-state index is 11.5. The van der Waals surface area contributed by atoms with Gasteiger partial charge in [0, 0.05) is 19.6 Å². The summed E-state index contributed by atoms with van der Waals surface area (Å²) in [7, 11) is 0. The number of nitrogens with zero attached hydrogens (tertiary/aromatic N) is 1. The predicted molar refractivity (Wildman–Crippen MR) is 57.1 cm³/mol. The van der Waals surface area contributed by atoms with Crippen LogP contribution in [0.2, 0.25) is 0 Å². The van der Waals surface area contributed by atoms with Crippen LogP contribution in [0, 0.1) is 5.41 Å². The van der Waals surface area contributed by atoms with Gasteiger partial charge in [-0.2, -0.15) is 0 Å². The van der Waals surface area contributed by atoms with Crippen molar-refractivity contribution < 1.29 is 9.53 Å². The van der Waals surface area contributed by atoms with Gasteiger partial charge in [-0.1, -0.05) is 20.8 Å². The van der Waals surface area contributed by atoms with Crippen LogP contribution in [0.15, 0.2) is 0 Å². The van der Waals surface area contributed by atoms with Crippen LogP contribution in [-0.4, -0.2) is 37.2 Å². The van der Waals surface area contributed by atoms with Gasteiger partial charge in [0.05, 0.1) is 6.61 Å². The molecule has 0 aromatic carbocycles. The summed E-state index contributed by atoms with van der Waals surface area (Å²) in [4.78, 5) is 13.1. The van der Waals surface area contributed by atoms with E-state index >= 15 is 0 Å². The third-order valence-corrected chi connectivity index (χ3v) is 1.67. The number of rotatable bonds is 4. The van der Waals surface area contributed by atoms with Gasteiger partial charge in [0.2, 0.25) is 0 Å². The smallest absolute Gasteiger partial charge is 0.409 e. The van der Waals surface area contributed by atoms with Crippen LogP contribution in [0.4, 0.5) is 4.79 Å². The van der Waals surface area contributed by atoms with Gasteiger partial charge in [-0.3, -0.25) is 0 Å². The minimum Gasteiger partial charge on any atom is -0.449 e. The molecular weight excluding hydrogens is 180 g/mol. The molecule has 0 aromatic rings. The van der Waals surface area contributed by atoms with Crippen molar-refractivity contribution in [1.29, 1.82) is 0 Å². The van der Waals surface area contributed by atoms with E-state index in [9.17, 15) is 4.79 Å². The highest BCUT2D eigenvalue weighted by Gasteiger charge is 2.17. The highest BCUT2D eigenvalue weighted by Crippen LogP contribution is 2.13. The Bertz CT molecular complexity index is 175. The maximum absolute atomic E-state index is 11.5. The molecule has 0 rings (SSSR count). The Morgan fingerprint density at radius 2 is 2.00 bits per heavy atom. The predicted octanol–water partition coefficient (Wildman–Crippen LogP) is 1.45. The number of carbonyl (C=O) groups excluding carboxylic acids is 1. The van der Waals surface area contributed by atoms with E-state index in [0.717, 1.165) is 0 Å². The van der Waals surface area contributed by atoms with Crippen molar-refractivity contribution in [2.45, 2.75) is 27.7 Å². The maximum Gasteiger partial charge on any atom is 0.409 e. The number of hydrogen-bond donors (Lipinski definition) is 1. The molecular formula is C10H22N2O2. The van der Waals surface area contributed by atoms with Crippen LogP contribution >= 0.6 is 0 Å².